The summed E-state index contributed by atoms with van der Waals surface area (Å²) in [5.74, 6) is 1.35. The maximum Gasteiger partial charge on any atom is 0.238 e. The Morgan fingerprint density at radius 3 is 2.85 bits per heavy atom. The van der Waals surface area contributed by atoms with Gasteiger partial charge in [-0.2, -0.15) is 0 Å². The fourth-order valence-electron chi connectivity index (χ4n) is 2.90. The van der Waals surface area contributed by atoms with E-state index in [0.29, 0.717) is 32.1 Å². The summed E-state index contributed by atoms with van der Waals surface area (Å²) in [5, 5.41) is 6.23. The minimum Gasteiger partial charge on any atom is -0.486 e. The van der Waals surface area contributed by atoms with Crippen molar-refractivity contribution in [2.24, 2.45) is 0 Å². The van der Waals surface area contributed by atoms with E-state index in [1.807, 2.05) is 18.2 Å². The second-order valence-electron chi connectivity index (χ2n) is 6.55. The topological polar surface area (TPSA) is 63.7 Å². The Hall–Kier alpha value is -2.12. The van der Waals surface area contributed by atoms with Crippen LogP contribution < -0.4 is 14.8 Å². The van der Waals surface area contributed by atoms with E-state index in [1.54, 1.807) is 11.3 Å². The molecule has 2 aromatic rings. The molecule has 0 bridgehead atoms. The normalized spacial score (nSPS) is 13.0. The molecule has 0 saturated heterocycles. The number of carbonyl (C=O) groups is 1. The van der Waals surface area contributed by atoms with E-state index in [4.69, 9.17) is 9.47 Å². The number of carbonyl (C=O) groups excluding carboxylic acids is 1. The molecule has 0 saturated carbocycles. The molecule has 1 aliphatic rings. The van der Waals surface area contributed by atoms with Crippen LogP contribution in [0.15, 0.2) is 23.6 Å². The van der Waals surface area contributed by atoms with Gasteiger partial charge in [0.2, 0.25) is 5.91 Å². The first kappa shape index (κ1) is 19.6. The summed E-state index contributed by atoms with van der Waals surface area (Å²) in [6, 6.07) is 5.47. The lowest BCUT2D eigenvalue weighted by molar-refractivity contribution is -0.117. The summed E-state index contributed by atoms with van der Waals surface area (Å²) in [4.78, 5) is 19.2. The van der Waals surface area contributed by atoms with Gasteiger partial charge in [0.15, 0.2) is 11.5 Å². The number of unbranched alkanes of at least 4 members (excludes halogenated alkanes) is 1. The number of nitrogens with one attached hydrogen (secondary N) is 1. The maximum absolute atomic E-state index is 12.4. The summed E-state index contributed by atoms with van der Waals surface area (Å²) in [7, 11) is 0. The van der Waals surface area contributed by atoms with Crippen molar-refractivity contribution in [1.29, 1.82) is 0 Å². The molecule has 146 valence electrons. The summed E-state index contributed by atoms with van der Waals surface area (Å²) in [5.41, 5.74) is 1.76. The molecule has 27 heavy (non-hydrogen) atoms. The van der Waals surface area contributed by atoms with E-state index in [1.165, 1.54) is 17.8 Å². The number of aromatic nitrogens is 1. The molecule has 0 unspecified atom stereocenters. The number of ether oxygens (including phenoxy) is 2. The molecule has 1 N–H and O–H groups in total. The van der Waals surface area contributed by atoms with E-state index in [9.17, 15) is 4.79 Å². The third-order valence-corrected chi connectivity index (χ3v) is 5.33. The lowest BCUT2D eigenvalue weighted by Gasteiger charge is -2.20. The van der Waals surface area contributed by atoms with Gasteiger partial charge in [-0.3, -0.25) is 9.69 Å². The fraction of sp³-hybridized carbons (Fsp3) is 0.500. The number of benzene rings is 1. The molecule has 0 atom stereocenters. The minimum absolute atomic E-state index is 0.0463. The highest BCUT2D eigenvalue weighted by Gasteiger charge is 2.15. The molecule has 1 aliphatic heterocycles. The lowest BCUT2D eigenvalue weighted by Crippen LogP contribution is -2.32. The number of hydrogen-bond acceptors (Lipinski definition) is 6. The van der Waals surface area contributed by atoms with Gasteiger partial charge >= 0.3 is 0 Å². The average molecular weight is 390 g/mol. The quantitative estimate of drug-likeness (QED) is 0.708. The van der Waals surface area contributed by atoms with Crippen molar-refractivity contribution < 1.29 is 14.3 Å². The minimum atomic E-state index is -0.0463. The van der Waals surface area contributed by atoms with Gasteiger partial charge in [0.05, 0.1) is 17.2 Å². The predicted octanol–water partition coefficient (Wildman–Crippen LogP) is 3.72. The summed E-state index contributed by atoms with van der Waals surface area (Å²) >= 11 is 1.71. The van der Waals surface area contributed by atoms with Crippen LogP contribution in [-0.2, 0) is 17.8 Å². The van der Waals surface area contributed by atoms with Crippen LogP contribution in [0.5, 0.6) is 11.5 Å². The van der Waals surface area contributed by atoms with Crippen LogP contribution in [0.3, 0.4) is 0 Å². The molecular weight excluding hydrogens is 362 g/mol. The van der Waals surface area contributed by atoms with Gasteiger partial charge < -0.3 is 14.8 Å². The van der Waals surface area contributed by atoms with Crippen molar-refractivity contribution in [3.8, 4) is 11.5 Å². The van der Waals surface area contributed by atoms with Gasteiger partial charge in [0.1, 0.15) is 13.2 Å². The van der Waals surface area contributed by atoms with Gasteiger partial charge in [0.25, 0.3) is 0 Å². The van der Waals surface area contributed by atoms with Gasteiger partial charge in [-0.15, -0.1) is 11.3 Å². The predicted molar refractivity (Wildman–Crippen MR) is 108 cm³/mol. The summed E-state index contributed by atoms with van der Waals surface area (Å²) < 4.78 is 11.1. The van der Waals surface area contributed by atoms with Crippen LogP contribution in [0, 0.1) is 0 Å². The highest BCUT2D eigenvalue weighted by Crippen LogP contribution is 2.32. The molecule has 7 heteroatoms. The average Bonchev–Trinajstić information content (AvgIpc) is 3.13. The SMILES string of the molecule is CCCCc1nc(CN(CC)CC(=O)Nc2ccc3c(c2)OCCO3)cs1. The molecule has 3 rings (SSSR count). The van der Waals surface area contributed by atoms with Crippen molar-refractivity contribution in [1.82, 2.24) is 9.88 Å². The number of thiazole rings is 1. The number of likely N-dealkylation sites (N-methyl/N-ethyl adjacent to an activating group) is 1. The number of nitrogens with zero attached hydrogens (tertiary/aromatic N) is 2. The van der Waals surface area contributed by atoms with E-state index < -0.39 is 0 Å². The second-order valence-corrected chi connectivity index (χ2v) is 7.49. The summed E-state index contributed by atoms with van der Waals surface area (Å²) in [6.45, 7) is 7.13. The number of hydrogen-bond donors (Lipinski definition) is 1. The molecule has 0 fully saturated rings. The third-order valence-electron chi connectivity index (χ3n) is 4.37. The molecule has 1 amide bonds. The molecule has 6 nitrogen and oxygen atoms in total. The van der Waals surface area contributed by atoms with Gasteiger partial charge in [-0.25, -0.2) is 4.98 Å². The van der Waals surface area contributed by atoms with E-state index in [2.05, 4.69) is 34.4 Å². The first-order chi connectivity index (χ1) is 13.2. The largest absolute Gasteiger partial charge is 0.486 e. The van der Waals surface area contributed by atoms with Gasteiger partial charge in [-0.1, -0.05) is 20.3 Å². The van der Waals surface area contributed by atoms with E-state index in [-0.39, 0.29) is 5.91 Å². The highest BCUT2D eigenvalue weighted by atomic mass is 32.1. The Bertz CT molecular complexity index is 763. The van der Waals surface area contributed by atoms with Crippen LogP contribution in [0.4, 0.5) is 5.69 Å². The van der Waals surface area contributed by atoms with Gasteiger partial charge in [0, 0.05) is 23.7 Å². The maximum atomic E-state index is 12.4. The van der Waals surface area contributed by atoms with Crippen LogP contribution in [0.25, 0.3) is 0 Å². The standard InChI is InChI=1S/C20H27N3O3S/c1-3-5-6-20-22-16(14-27-20)12-23(4-2)13-19(24)21-15-7-8-17-18(11-15)26-10-9-25-17/h7-8,11,14H,3-6,9-10,12-13H2,1-2H3,(H,21,24). The number of rotatable bonds is 9. The van der Waals surface area contributed by atoms with E-state index >= 15 is 0 Å². The van der Waals surface area contributed by atoms with Crippen LogP contribution in [-0.4, -0.2) is 42.1 Å². The Labute approximate surface area is 164 Å². The number of anilines is 1. The lowest BCUT2D eigenvalue weighted by atomic mass is 10.2. The Morgan fingerprint density at radius 2 is 2.07 bits per heavy atom. The van der Waals surface area contributed by atoms with Crippen molar-refractivity contribution in [2.45, 2.75) is 39.7 Å². The fourth-order valence-corrected chi connectivity index (χ4v) is 3.73. The van der Waals surface area contributed by atoms with Crippen molar-refractivity contribution in [3.05, 3.63) is 34.3 Å². The zero-order valence-electron chi connectivity index (χ0n) is 16.0. The highest BCUT2D eigenvalue weighted by molar-refractivity contribution is 7.09. The smallest absolute Gasteiger partial charge is 0.238 e. The monoisotopic (exact) mass is 389 g/mol. The van der Waals surface area contributed by atoms with Crippen molar-refractivity contribution in [3.63, 3.8) is 0 Å². The number of aryl methyl sites for hydroxylation is 1. The number of amides is 1. The first-order valence-electron chi connectivity index (χ1n) is 9.53. The van der Waals surface area contributed by atoms with Crippen LogP contribution in [0.1, 0.15) is 37.4 Å². The molecule has 1 aromatic heterocycles. The molecular formula is C20H27N3O3S. The zero-order chi connectivity index (χ0) is 19.1. The molecule has 1 aromatic carbocycles. The Balaban J connectivity index is 1.53. The summed E-state index contributed by atoms with van der Waals surface area (Å²) in [6.07, 6.45) is 3.39. The van der Waals surface area contributed by atoms with Crippen LogP contribution in [0.2, 0.25) is 0 Å². The Kier molecular flexibility index (Phi) is 7.06. The van der Waals surface area contributed by atoms with Crippen molar-refractivity contribution >= 4 is 22.9 Å². The molecule has 0 radical (unpaired) electrons. The Morgan fingerprint density at radius 1 is 1.26 bits per heavy atom. The second kappa shape index (κ2) is 9.71. The molecule has 0 spiro atoms. The number of fused-ring (bicyclic) bond motifs is 1. The molecule has 2 heterocycles. The zero-order valence-corrected chi connectivity index (χ0v) is 16.8. The van der Waals surface area contributed by atoms with Crippen molar-refractivity contribution in [2.75, 3.05) is 31.6 Å². The first-order valence-corrected chi connectivity index (χ1v) is 10.4. The third kappa shape index (κ3) is 5.68. The van der Waals surface area contributed by atoms with E-state index in [0.717, 1.165) is 30.1 Å². The van der Waals surface area contributed by atoms with Crippen LogP contribution >= 0.6 is 11.3 Å². The van der Waals surface area contributed by atoms with Gasteiger partial charge in [-0.05, 0) is 31.5 Å². The molecule has 0 aliphatic carbocycles.